The summed E-state index contributed by atoms with van der Waals surface area (Å²) in [5, 5.41) is 0. The minimum atomic E-state index is 0.100. The first-order valence-corrected chi connectivity index (χ1v) is 7.65. The first-order chi connectivity index (χ1) is 9.52. The summed E-state index contributed by atoms with van der Waals surface area (Å²) in [6, 6.07) is 5.61. The molecule has 0 aromatic heterocycles. The summed E-state index contributed by atoms with van der Waals surface area (Å²) in [5.41, 5.74) is 8.27. The number of rotatable bonds is 3. The zero-order chi connectivity index (χ0) is 14.3. The summed E-state index contributed by atoms with van der Waals surface area (Å²) in [6.07, 6.45) is 5.49. The Morgan fingerprint density at radius 2 is 2.10 bits per heavy atom. The van der Waals surface area contributed by atoms with Crippen LogP contribution in [0.3, 0.4) is 0 Å². The van der Waals surface area contributed by atoms with Gasteiger partial charge in [-0.15, -0.1) is 0 Å². The molecule has 3 heteroatoms. The van der Waals surface area contributed by atoms with E-state index in [4.69, 9.17) is 5.73 Å². The second kappa shape index (κ2) is 5.12. The van der Waals surface area contributed by atoms with Crippen LogP contribution in [0.15, 0.2) is 18.2 Å². The Labute approximate surface area is 121 Å². The molecular formula is C17H24N2O. The zero-order valence-corrected chi connectivity index (χ0v) is 12.4. The number of nitrogen functional groups attached to an aromatic ring is 1. The molecule has 1 aromatic rings. The van der Waals surface area contributed by atoms with Crippen LogP contribution in [-0.2, 0) is 0 Å². The number of fused-ring (bicyclic) bond motifs is 2. The van der Waals surface area contributed by atoms with Crippen molar-refractivity contribution in [1.82, 2.24) is 4.90 Å². The average molecular weight is 272 g/mol. The number of anilines is 1. The van der Waals surface area contributed by atoms with Crippen LogP contribution in [0.25, 0.3) is 0 Å². The highest BCUT2D eigenvalue weighted by molar-refractivity contribution is 5.95. The smallest absolute Gasteiger partial charge is 0.253 e. The molecule has 2 N–H and O–H groups in total. The van der Waals surface area contributed by atoms with Crippen LogP contribution in [0.1, 0.15) is 41.6 Å². The van der Waals surface area contributed by atoms with Gasteiger partial charge in [0.15, 0.2) is 0 Å². The lowest BCUT2D eigenvalue weighted by Gasteiger charge is -2.27. The van der Waals surface area contributed by atoms with Crippen LogP contribution in [-0.4, -0.2) is 24.4 Å². The molecule has 3 rings (SSSR count). The number of nitrogens with two attached hydrogens (primary N) is 1. The first-order valence-electron chi connectivity index (χ1n) is 7.65. The molecule has 0 radical (unpaired) electrons. The molecule has 3 unspecified atom stereocenters. The number of amides is 1. The van der Waals surface area contributed by atoms with Crippen LogP contribution in [0.5, 0.6) is 0 Å². The van der Waals surface area contributed by atoms with E-state index in [0.29, 0.717) is 17.2 Å². The average Bonchev–Trinajstić information content (AvgIpc) is 2.98. The Morgan fingerprint density at radius 3 is 2.70 bits per heavy atom. The van der Waals surface area contributed by atoms with Crippen LogP contribution in [0.2, 0.25) is 0 Å². The number of carbonyl (C=O) groups excluding carboxylic acids is 1. The third-order valence-electron chi connectivity index (χ3n) is 5.09. The van der Waals surface area contributed by atoms with Crippen molar-refractivity contribution in [2.75, 3.05) is 19.3 Å². The largest absolute Gasteiger partial charge is 0.399 e. The van der Waals surface area contributed by atoms with Gasteiger partial charge < -0.3 is 10.6 Å². The Bertz CT molecular complexity index is 505. The highest BCUT2D eigenvalue weighted by Crippen LogP contribution is 2.48. The van der Waals surface area contributed by atoms with Gasteiger partial charge >= 0.3 is 0 Å². The van der Waals surface area contributed by atoms with E-state index in [1.54, 1.807) is 6.07 Å². The van der Waals surface area contributed by atoms with E-state index in [1.807, 2.05) is 31.0 Å². The summed E-state index contributed by atoms with van der Waals surface area (Å²) >= 11 is 0. The third-order valence-corrected chi connectivity index (χ3v) is 5.09. The van der Waals surface area contributed by atoms with Crippen molar-refractivity contribution in [2.45, 2.75) is 32.6 Å². The van der Waals surface area contributed by atoms with Crippen LogP contribution in [0, 0.1) is 24.7 Å². The number of carbonyl (C=O) groups is 1. The van der Waals surface area contributed by atoms with E-state index in [2.05, 4.69) is 0 Å². The van der Waals surface area contributed by atoms with Gasteiger partial charge in [0, 0.05) is 24.8 Å². The summed E-state index contributed by atoms with van der Waals surface area (Å²) in [7, 11) is 1.92. The predicted molar refractivity (Wildman–Crippen MR) is 81.5 cm³/mol. The highest BCUT2D eigenvalue weighted by Gasteiger charge is 2.40. The van der Waals surface area contributed by atoms with Crippen molar-refractivity contribution in [1.29, 1.82) is 0 Å². The quantitative estimate of drug-likeness (QED) is 0.859. The minimum absolute atomic E-state index is 0.100. The Morgan fingerprint density at radius 1 is 1.30 bits per heavy atom. The minimum Gasteiger partial charge on any atom is -0.399 e. The van der Waals surface area contributed by atoms with Crippen molar-refractivity contribution < 1.29 is 4.79 Å². The van der Waals surface area contributed by atoms with Crippen LogP contribution >= 0.6 is 0 Å². The SMILES string of the molecule is Cc1cc(N)cc(C(=O)N(C)CC2CC3CCC2C3)c1. The molecular weight excluding hydrogens is 248 g/mol. The molecule has 3 atom stereocenters. The molecule has 0 spiro atoms. The topological polar surface area (TPSA) is 46.3 Å². The molecule has 1 aromatic carbocycles. The lowest BCUT2D eigenvalue weighted by Crippen LogP contribution is -2.33. The zero-order valence-electron chi connectivity index (χ0n) is 12.4. The maximum Gasteiger partial charge on any atom is 0.253 e. The first kappa shape index (κ1) is 13.5. The third kappa shape index (κ3) is 2.54. The molecule has 2 fully saturated rings. The Hall–Kier alpha value is -1.51. The molecule has 2 aliphatic carbocycles. The van der Waals surface area contributed by atoms with Crippen LogP contribution < -0.4 is 5.73 Å². The molecule has 108 valence electrons. The second-order valence-electron chi connectivity index (χ2n) is 6.75. The standard InChI is InChI=1S/C17H24N2O/c1-11-5-14(9-16(18)6-11)17(20)19(2)10-15-8-12-3-4-13(15)7-12/h5-6,9,12-13,15H,3-4,7-8,10,18H2,1-2H3. The van der Waals surface area contributed by atoms with Gasteiger partial charge in [-0.2, -0.15) is 0 Å². The van der Waals surface area contributed by atoms with E-state index < -0.39 is 0 Å². The molecule has 2 bridgehead atoms. The lowest BCUT2D eigenvalue weighted by atomic mass is 9.88. The summed E-state index contributed by atoms with van der Waals surface area (Å²) < 4.78 is 0. The molecule has 2 aliphatic rings. The van der Waals surface area contributed by atoms with Gasteiger partial charge in [0.05, 0.1) is 0 Å². The normalized spacial score (nSPS) is 27.8. The number of hydrogen-bond donors (Lipinski definition) is 1. The number of benzene rings is 1. The van der Waals surface area contributed by atoms with Gasteiger partial charge in [-0.1, -0.05) is 6.42 Å². The van der Waals surface area contributed by atoms with E-state index in [-0.39, 0.29) is 5.91 Å². The van der Waals surface area contributed by atoms with Crippen molar-refractivity contribution in [3.8, 4) is 0 Å². The van der Waals surface area contributed by atoms with Crippen molar-refractivity contribution in [3.63, 3.8) is 0 Å². The van der Waals surface area contributed by atoms with Gasteiger partial charge in [-0.25, -0.2) is 0 Å². The van der Waals surface area contributed by atoms with Crippen molar-refractivity contribution in [2.24, 2.45) is 17.8 Å². The van der Waals surface area contributed by atoms with Crippen LogP contribution in [0.4, 0.5) is 5.69 Å². The lowest BCUT2D eigenvalue weighted by molar-refractivity contribution is 0.0754. The molecule has 0 heterocycles. The summed E-state index contributed by atoms with van der Waals surface area (Å²) in [6.45, 7) is 2.87. The maximum absolute atomic E-state index is 12.5. The van der Waals surface area contributed by atoms with Crippen molar-refractivity contribution >= 4 is 11.6 Å². The van der Waals surface area contributed by atoms with Gasteiger partial charge in [-0.05, 0) is 67.7 Å². The molecule has 0 saturated heterocycles. The number of hydrogen-bond acceptors (Lipinski definition) is 2. The van der Waals surface area contributed by atoms with Crippen molar-refractivity contribution in [3.05, 3.63) is 29.3 Å². The molecule has 2 saturated carbocycles. The molecule has 20 heavy (non-hydrogen) atoms. The monoisotopic (exact) mass is 272 g/mol. The Balaban J connectivity index is 1.67. The molecule has 1 amide bonds. The fourth-order valence-corrected chi connectivity index (χ4v) is 4.19. The number of nitrogens with zero attached hydrogens (tertiary/aromatic N) is 1. The fourth-order valence-electron chi connectivity index (χ4n) is 4.19. The van der Waals surface area contributed by atoms with Gasteiger partial charge in [0.25, 0.3) is 5.91 Å². The summed E-state index contributed by atoms with van der Waals surface area (Å²) in [4.78, 5) is 14.4. The fraction of sp³-hybridized carbons (Fsp3) is 0.588. The maximum atomic E-state index is 12.5. The van der Waals surface area contributed by atoms with E-state index in [0.717, 1.165) is 23.9 Å². The predicted octanol–water partition coefficient (Wildman–Crippen LogP) is 3.09. The van der Waals surface area contributed by atoms with Gasteiger partial charge in [-0.3, -0.25) is 4.79 Å². The Kier molecular flexibility index (Phi) is 3.45. The summed E-state index contributed by atoms with van der Waals surface area (Å²) in [5.74, 6) is 2.61. The van der Waals surface area contributed by atoms with Gasteiger partial charge in [0.2, 0.25) is 0 Å². The highest BCUT2D eigenvalue weighted by atomic mass is 16.2. The van der Waals surface area contributed by atoms with Gasteiger partial charge in [0.1, 0.15) is 0 Å². The second-order valence-corrected chi connectivity index (χ2v) is 6.75. The van der Waals surface area contributed by atoms with E-state index >= 15 is 0 Å². The van der Waals surface area contributed by atoms with E-state index in [1.165, 1.54) is 25.7 Å². The molecule has 0 aliphatic heterocycles. The van der Waals surface area contributed by atoms with E-state index in [9.17, 15) is 4.79 Å². The number of aryl methyl sites for hydroxylation is 1. The molecule has 3 nitrogen and oxygen atoms in total.